The van der Waals surface area contributed by atoms with Crippen LogP contribution in [0.2, 0.25) is 0 Å². The van der Waals surface area contributed by atoms with Gasteiger partial charge in [-0.1, -0.05) is 19.1 Å². The van der Waals surface area contributed by atoms with Crippen molar-refractivity contribution in [2.75, 3.05) is 7.11 Å². The van der Waals surface area contributed by atoms with Gasteiger partial charge in [0.05, 0.1) is 7.11 Å². The van der Waals surface area contributed by atoms with Crippen LogP contribution in [0.5, 0.6) is 11.5 Å². The number of ether oxygens (including phenoxy) is 2. The molecule has 5 nitrogen and oxygen atoms in total. The molecule has 0 aliphatic heterocycles. The molecule has 0 bridgehead atoms. The number of nitrogens with zero attached hydrogens (tertiary/aromatic N) is 1. The molecule has 2 aromatic rings. The van der Waals surface area contributed by atoms with Crippen molar-refractivity contribution >= 4 is 5.91 Å². The number of nitrogens with one attached hydrogen (secondary N) is 1. The first-order valence-electron chi connectivity index (χ1n) is 8.27. The molecule has 25 heavy (non-hydrogen) atoms. The Hall–Kier alpha value is -2.82. The van der Waals surface area contributed by atoms with E-state index in [4.69, 9.17) is 9.47 Å². The van der Waals surface area contributed by atoms with E-state index in [0.29, 0.717) is 24.7 Å². The lowest BCUT2D eigenvalue weighted by Gasteiger charge is -2.13. The highest BCUT2D eigenvalue weighted by Gasteiger charge is 2.08. The molecule has 0 radical (unpaired) electrons. The first-order chi connectivity index (χ1) is 12.1. The number of methoxy groups -OCH3 is 1. The normalized spacial score (nSPS) is 11.1. The summed E-state index contributed by atoms with van der Waals surface area (Å²) in [6.07, 6.45) is 6.22. The van der Waals surface area contributed by atoms with E-state index in [1.165, 1.54) is 0 Å². The van der Waals surface area contributed by atoms with E-state index < -0.39 is 0 Å². The van der Waals surface area contributed by atoms with Gasteiger partial charge in [0.25, 0.3) is 0 Å². The van der Waals surface area contributed by atoms with Crippen LogP contribution < -0.4 is 14.8 Å². The summed E-state index contributed by atoms with van der Waals surface area (Å²) in [4.78, 5) is 15.9. The zero-order valence-corrected chi connectivity index (χ0v) is 14.9. The summed E-state index contributed by atoms with van der Waals surface area (Å²) in [6, 6.07) is 9.46. The fraction of sp³-hybridized carbons (Fsp3) is 0.300. The summed E-state index contributed by atoms with van der Waals surface area (Å²) in [5.41, 5.74) is 2.71. The van der Waals surface area contributed by atoms with E-state index in [9.17, 15) is 4.79 Å². The Bertz CT molecular complexity index is 727. The fourth-order valence-corrected chi connectivity index (χ4v) is 2.30. The van der Waals surface area contributed by atoms with Gasteiger partial charge in [-0.25, -0.2) is 0 Å². The van der Waals surface area contributed by atoms with Crippen LogP contribution in [-0.4, -0.2) is 18.0 Å². The predicted octanol–water partition coefficient (Wildman–Crippen LogP) is 3.64. The van der Waals surface area contributed by atoms with Gasteiger partial charge >= 0.3 is 0 Å². The lowest BCUT2D eigenvalue weighted by atomic mass is 10.2. The van der Waals surface area contributed by atoms with Gasteiger partial charge in [0.15, 0.2) is 11.5 Å². The van der Waals surface area contributed by atoms with Crippen LogP contribution in [0.25, 0.3) is 0 Å². The number of carbonyl (C=O) groups excluding carboxylic acids is 1. The summed E-state index contributed by atoms with van der Waals surface area (Å²) in [7, 11) is 1.60. The van der Waals surface area contributed by atoms with Gasteiger partial charge in [-0.15, -0.1) is 0 Å². The van der Waals surface area contributed by atoms with Gasteiger partial charge < -0.3 is 14.8 Å². The molecule has 0 unspecified atom stereocenters. The number of carbonyl (C=O) groups is 1. The van der Waals surface area contributed by atoms with Crippen LogP contribution in [-0.2, 0) is 17.9 Å². The Morgan fingerprint density at radius 1 is 1.16 bits per heavy atom. The highest BCUT2D eigenvalue weighted by molar-refractivity contribution is 5.92. The minimum absolute atomic E-state index is 0.0566. The van der Waals surface area contributed by atoms with Gasteiger partial charge in [0, 0.05) is 24.5 Å². The molecule has 1 aromatic carbocycles. The van der Waals surface area contributed by atoms with E-state index in [1.807, 2.05) is 50.3 Å². The zero-order valence-electron chi connectivity index (χ0n) is 14.9. The maximum atomic E-state index is 11.9. The molecular weight excluding hydrogens is 316 g/mol. The lowest BCUT2D eigenvalue weighted by Crippen LogP contribution is -2.23. The second-order valence-corrected chi connectivity index (χ2v) is 5.61. The molecule has 1 amide bonds. The highest BCUT2D eigenvalue weighted by Crippen LogP contribution is 2.28. The Labute approximate surface area is 148 Å². The van der Waals surface area contributed by atoms with E-state index in [1.54, 1.807) is 19.5 Å². The third-order valence-corrected chi connectivity index (χ3v) is 3.69. The summed E-state index contributed by atoms with van der Waals surface area (Å²) >= 11 is 0. The first kappa shape index (κ1) is 18.5. The van der Waals surface area contributed by atoms with Crippen LogP contribution in [0.15, 0.2) is 54.4 Å². The summed E-state index contributed by atoms with van der Waals surface area (Å²) in [5.74, 6) is 1.25. The third kappa shape index (κ3) is 5.64. The number of pyridine rings is 1. The first-order valence-corrected chi connectivity index (χ1v) is 8.27. The zero-order chi connectivity index (χ0) is 18.1. The molecule has 132 valence electrons. The van der Waals surface area contributed by atoms with Crippen molar-refractivity contribution in [3.8, 4) is 11.5 Å². The molecule has 0 saturated heterocycles. The number of hydrogen-bond acceptors (Lipinski definition) is 4. The fourth-order valence-electron chi connectivity index (χ4n) is 2.30. The van der Waals surface area contributed by atoms with Crippen molar-refractivity contribution in [3.63, 3.8) is 0 Å². The predicted molar refractivity (Wildman–Crippen MR) is 97.5 cm³/mol. The van der Waals surface area contributed by atoms with Gasteiger partial charge in [-0.05, 0) is 48.7 Å². The molecule has 1 heterocycles. The van der Waals surface area contributed by atoms with E-state index >= 15 is 0 Å². The van der Waals surface area contributed by atoms with Crippen LogP contribution in [0, 0.1) is 0 Å². The minimum Gasteiger partial charge on any atom is -0.493 e. The summed E-state index contributed by atoms with van der Waals surface area (Å²) in [5, 5.41) is 2.90. The maximum Gasteiger partial charge on any atom is 0.246 e. The second-order valence-electron chi connectivity index (χ2n) is 5.61. The Morgan fingerprint density at radius 3 is 2.60 bits per heavy atom. The number of amides is 1. The molecule has 1 N–H and O–H groups in total. The second kappa shape index (κ2) is 9.47. The van der Waals surface area contributed by atoms with Crippen molar-refractivity contribution in [2.24, 2.45) is 0 Å². The quantitative estimate of drug-likeness (QED) is 0.745. The van der Waals surface area contributed by atoms with Gasteiger partial charge in [0.2, 0.25) is 5.91 Å². The third-order valence-electron chi connectivity index (χ3n) is 3.69. The molecule has 0 atom stereocenters. The number of allylic oxidation sites excluding steroid dienone is 1. The van der Waals surface area contributed by atoms with E-state index in [-0.39, 0.29) is 5.91 Å². The molecule has 1 aromatic heterocycles. The largest absolute Gasteiger partial charge is 0.493 e. The van der Waals surface area contributed by atoms with Crippen molar-refractivity contribution in [2.45, 2.75) is 33.4 Å². The van der Waals surface area contributed by atoms with Crippen molar-refractivity contribution in [1.82, 2.24) is 10.3 Å². The minimum atomic E-state index is -0.0566. The van der Waals surface area contributed by atoms with E-state index in [2.05, 4.69) is 10.3 Å². The average molecular weight is 340 g/mol. The number of aromatic nitrogens is 1. The molecule has 5 heteroatoms. The molecule has 0 saturated carbocycles. The monoisotopic (exact) mass is 340 g/mol. The Kier molecular flexibility index (Phi) is 7.01. The van der Waals surface area contributed by atoms with Gasteiger partial charge in [-0.3, -0.25) is 9.78 Å². The number of benzene rings is 1. The smallest absolute Gasteiger partial charge is 0.246 e. The SMILES string of the molecule is CC/C=C(/C)C(=O)NCc1ccc(OCc2ccncc2)c(OC)c1. The van der Waals surface area contributed by atoms with E-state index in [0.717, 1.165) is 23.1 Å². The molecular formula is C20H24N2O3. The van der Waals surface area contributed by atoms with Crippen molar-refractivity contribution in [3.05, 3.63) is 65.5 Å². The molecule has 0 spiro atoms. The van der Waals surface area contributed by atoms with Crippen molar-refractivity contribution in [1.29, 1.82) is 0 Å². The summed E-state index contributed by atoms with van der Waals surface area (Å²) < 4.78 is 11.2. The van der Waals surface area contributed by atoms with Gasteiger partial charge in [0.1, 0.15) is 6.61 Å². The molecule has 0 fully saturated rings. The van der Waals surface area contributed by atoms with Gasteiger partial charge in [-0.2, -0.15) is 0 Å². The van der Waals surface area contributed by atoms with Crippen LogP contribution in [0.3, 0.4) is 0 Å². The van der Waals surface area contributed by atoms with Crippen LogP contribution in [0.1, 0.15) is 31.4 Å². The average Bonchev–Trinajstić information content (AvgIpc) is 2.65. The molecule has 0 aliphatic carbocycles. The maximum absolute atomic E-state index is 11.9. The van der Waals surface area contributed by atoms with Crippen LogP contribution in [0.4, 0.5) is 0 Å². The Morgan fingerprint density at radius 2 is 1.92 bits per heavy atom. The molecule has 2 rings (SSSR count). The topological polar surface area (TPSA) is 60.5 Å². The van der Waals surface area contributed by atoms with Crippen molar-refractivity contribution < 1.29 is 14.3 Å². The lowest BCUT2D eigenvalue weighted by molar-refractivity contribution is -0.117. The standard InChI is InChI=1S/C20H24N2O3/c1-4-5-15(2)20(23)22-13-17-6-7-18(19(12-17)24-3)25-14-16-8-10-21-11-9-16/h5-12H,4,13-14H2,1-3H3,(H,22,23)/b15-5-. The Balaban J connectivity index is 1.98. The number of rotatable bonds is 8. The summed E-state index contributed by atoms with van der Waals surface area (Å²) in [6.45, 7) is 4.70. The van der Waals surface area contributed by atoms with Crippen LogP contribution >= 0.6 is 0 Å². The highest BCUT2D eigenvalue weighted by atomic mass is 16.5. The molecule has 0 aliphatic rings. The number of hydrogen-bond donors (Lipinski definition) is 1.